The van der Waals surface area contributed by atoms with Crippen molar-refractivity contribution in [2.24, 2.45) is 0 Å². The number of rotatable bonds is 2. The summed E-state index contributed by atoms with van der Waals surface area (Å²) in [4.78, 5) is 11.8. The van der Waals surface area contributed by atoms with Crippen molar-refractivity contribution in [3.05, 3.63) is 11.8 Å². The van der Waals surface area contributed by atoms with Gasteiger partial charge >= 0.3 is 5.97 Å². The van der Waals surface area contributed by atoms with Crippen LogP contribution in [0.3, 0.4) is 0 Å². The fourth-order valence-electron chi connectivity index (χ4n) is 0.573. The van der Waals surface area contributed by atoms with Gasteiger partial charge in [0.15, 0.2) is 0 Å². The maximum absolute atomic E-state index is 10.3. The third kappa shape index (κ3) is 2.17. The van der Waals surface area contributed by atoms with E-state index in [0.29, 0.717) is 5.70 Å². The van der Waals surface area contributed by atoms with Gasteiger partial charge in [-0.3, -0.25) is 0 Å². The van der Waals surface area contributed by atoms with Crippen molar-refractivity contribution in [3.8, 4) is 0 Å². The first-order chi connectivity index (χ1) is 4.09. The maximum Gasteiger partial charge on any atom is 0.351 e. The van der Waals surface area contributed by atoms with Gasteiger partial charge in [-0.2, -0.15) is 0 Å². The molecule has 0 atom stereocenters. The van der Waals surface area contributed by atoms with Gasteiger partial charge < -0.3 is 10.0 Å². The highest BCUT2D eigenvalue weighted by Crippen LogP contribution is 1.95. The third-order valence-corrected chi connectivity index (χ3v) is 0.974. The fraction of sp³-hybridized carbons (Fsp3) is 0.500. The molecular formula is C6H11NO2. The Bertz CT molecular complexity index is 138. The lowest BCUT2D eigenvalue weighted by molar-refractivity contribution is -0.134. The molecule has 0 saturated carbocycles. The second kappa shape index (κ2) is 3.12. The van der Waals surface area contributed by atoms with E-state index in [1.165, 1.54) is 0 Å². The first kappa shape index (κ1) is 8.01. The van der Waals surface area contributed by atoms with E-state index in [-0.39, 0.29) is 0 Å². The van der Waals surface area contributed by atoms with Crippen molar-refractivity contribution >= 4 is 5.97 Å². The van der Waals surface area contributed by atoms with Crippen molar-refractivity contribution in [2.75, 3.05) is 14.1 Å². The van der Waals surface area contributed by atoms with Crippen molar-refractivity contribution < 1.29 is 9.90 Å². The molecule has 0 heterocycles. The number of aliphatic carboxylic acids is 1. The molecule has 0 spiro atoms. The van der Waals surface area contributed by atoms with Crippen LogP contribution >= 0.6 is 0 Å². The Morgan fingerprint density at radius 2 is 2.00 bits per heavy atom. The minimum absolute atomic E-state index is 0.315. The molecule has 3 heteroatoms. The van der Waals surface area contributed by atoms with Crippen LogP contribution in [0.1, 0.15) is 6.92 Å². The molecule has 0 rings (SSSR count). The summed E-state index contributed by atoms with van der Waals surface area (Å²) in [7, 11) is 3.40. The van der Waals surface area contributed by atoms with Crippen LogP contribution in [0.5, 0.6) is 0 Å². The summed E-state index contributed by atoms with van der Waals surface area (Å²) in [5, 5.41) is 8.43. The molecule has 52 valence electrons. The van der Waals surface area contributed by atoms with Crippen LogP contribution in [-0.2, 0) is 4.79 Å². The Morgan fingerprint density at radius 1 is 1.56 bits per heavy atom. The first-order valence-electron chi connectivity index (χ1n) is 2.66. The molecule has 0 unspecified atom stereocenters. The lowest BCUT2D eigenvalue weighted by Gasteiger charge is -2.11. The van der Waals surface area contributed by atoms with Crippen LogP contribution in [0.15, 0.2) is 11.8 Å². The second-order valence-electron chi connectivity index (χ2n) is 1.87. The molecule has 9 heavy (non-hydrogen) atoms. The average Bonchev–Trinajstić information content (AvgIpc) is 1.64. The standard InChI is InChI=1S/C6H11NO2/c1-4-5(6(8)9)7(2)3/h4H,1-3H3,(H,8,9). The first-order valence-corrected chi connectivity index (χ1v) is 2.66. The zero-order valence-corrected chi connectivity index (χ0v) is 5.88. The minimum Gasteiger partial charge on any atom is -0.477 e. The quantitative estimate of drug-likeness (QED) is 0.553. The number of carboxylic acids is 1. The van der Waals surface area contributed by atoms with Gasteiger partial charge in [-0.1, -0.05) is 6.08 Å². The molecular weight excluding hydrogens is 118 g/mol. The predicted molar refractivity (Wildman–Crippen MR) is 35.1 cm³/mol. The molecule has 0 aromatic rings. The summed E-state index contributed by atoms with van der Waals surface area (Å²) >= 11 is 0. The Morgan fingerprint density at radius 3 is 2.00 bits per heavy atom. The highest BCUT2D eigenvalue weighted by Gasteiger charge is 2.05. The largest absolute Gasteiger partial charge is 0.477 e. The Balaban J connectivity index is 4.19. The SMILES string of the molecule is CC=C(C(=O)O)N(C)C. The average molecular weight is 129 g/mol. The minimum atomic E-state index is -0.887. The zero-order chi connectivity index (χ0) is 7.44. The molecule has 1 N–H and O–H groups in total. The molecule has 0 aliphatic rings. The smallest absolute Gasteiger partial charge is 0.351 e. The Labute approximate surface area is 54.6 Å². The van der Waals surface area contributed by atoms with Crippen molar-refractivity contribution in [1.82, 2.24) is 4.90 Å². The number of carbonyl (C=O) groups is 1. The molecule has 0 radical (unpaired) electrons. The topological polar surface area (TPSA) is 40.5 Å². The van der Waals surface area contributed by atoms with E-state index in [9.17, 15) is 4.79 Å². The monoisotopic (exact) mass is 129 g/mol. The lowest BCUT2D eigenvalue weighted by atomic mass is 10.4. The van der Waals surface area contributed by atoms with E-state index in [0.717, 1.165) is 0 Å². The molecule has 0 fully saturated rings. The van der Waals surface area contributed by atoms with Gasteiger partial charge in [0.1, 0.15) is 5.70 Å². The Hall–Kier alpha value is -0.990. The maximum atomic E-state index is 10.3. The van der Waals surface area contributed by atoms with E-state index in [4.69, 9.17) is 5.11 Å². The number of allylic oxidation sites excluding steroid dienone is 1. The molecule has 0 aromatic carbocycles. The summed E-state index contributed by atoms with van der Waals surface area (Å²) in [6.07, 6.45) is 1.56. The summed E-state index contributed by atoms with van der Waals surface area (Å²) < 4.78 is 0. The van der Waals surface area contributed by atoms with Crippen LogP contribution in [0, 0.1) is 0 Å². The number of likely N-dealkylation sites (N-methyl/N-ethyl adjacent to an activating group) is 1. The van der Waals surface area contributed by atoms with Gasteiger partial charge in [-0.05, 0) is 6.92 Å². The predicted octanol–water partition coefficient (Wildman–Crippen LogP) is 0.536. The number of hydrogen-bond acceptors (Lipinski definition) is 2. The van der Waals surface area contributed by atoms with E-state index in [1.807, 2.05) is 0 Å². The Kier molecular flexibility index (Phi) is 2.78. The van der Waals surface area contributed by atoms with Gasteiger partial charge in [-0.25, -0.2) is 4.79 Å². The molecule has 0 aliphatic heterocycles. The highest BCUT2D eigenvalue weighted by atomic mass is 16.4. The van der Waals surface area contributed by atoms with Crippen LogP contribution in [0.4, 0.5) is 0 Å². The summed E-state index contributed by atoms with van der Waals surface area (Å²) in [5.41, 5.74) is 0.315. The summed E-state index contributed by atoms with van der Waals surface area (Å²) in [6, 6.07) is 0. The fourth-order valence-corrected chi connectivity index (χ4v) is 0.573. The van der Waals surface area contributed by atoms with E-state index < -0.39 is 5.97 Å². The molecule has 0 saturated heterocycles. The number of hydrogen-bond donors (Lipinski definition) is 1. The summed E-state index contributed by atoms with van der Waals surface area (Å²) in [6.45, 7) is 1.70. The second-order valence-corrected chi connectivity index (χ2v) is 1.87. The van der Waals surface area contributed by atoms with Crippen molar-refractivity contribution in [1.29, 1.82) is 0 Å². The van der Waals surface area contributed by atoms with Gasteiger partial charge in [0, 0.05) is 14.1 Å². The lowest BCUT2D eigenvalue weighted by Crippen LogP contribution is -2.18. The van der Waals surface area contributed by atoms with Crippen LogP contribution in [0.2, 0.25) is 0 Å². The molecule has 0 amide bonds. The van der Waals surface area contributed by atoms with Gasteiger partial charge in [0.2, 0.25) is 0 Å². The normalized spacial score (nSPS) is 11.2. The van der Waals surface area contributed by atoms with Crippen LogP contribution in [-0.4, -0.2) is 30.1 Å². The van der Waals surface area contributed by atoms with E-state index in [1.54, 1.807) is 32.0 Å². The summed E-state index contributed by atoms with van der Waals surface area (Å²) in [5.74, 6) is -0.887. The van der Waals surface area contributed by atoms with Crippen molar-refractivity contribution in [2.45, 2.75) is 6.92 Å². The van der Waals surface area contributed by atoms with Crippen molar-refractivity contribution in [3.63, 3.8) is 0 Å². The van der Waals surface area contributed by atoms with Gasteiger partial charge in [0.25, 0.3) is 0 Å². The number of carboxylic acid groups (broad SMARTS) is 1. The zero-order valence-electron chi connectivity index (χ0n) is 5.88. The molecule has 0 aromatic heterocycles. The van der Waals surface area contributed by atoms with Gasteiger partial charge in [-0.15, -0.1) is 0 Å². The van der Waals surface area contributed by atoms with E-state index >= 15 is 0 Å². The molecule has 3 nitrogen and oxygen atoms in total. The van der Waals surface area contributed by atoms with Crippen LogP contribution < -0.4 is 0 Å². The van der Waals surface area contributed by atoms with E-state index in [2.05, 4.69) is 0 Å². The highest BCUT2D eigenvalue weighted by molar-refractivity contribution is 5.85. The van der Waals surface area contributed by atoms with Crippen LogP contribution in [0.25, 0.3) is 0 Å². The number of nitrogens with zero attached hydrogens (tertiary/aromatic N) is 1. The molecule has 0 aliphatic carbocycles. The third-order valence-electron chi connectivity index (χ3n) is 0.974. The van der Waals surface area contributed by atoms with Gasteiger partial charge in [0.05, 0.1) is 0 Å². The molecule has 0 bridgehead atoms.